The van der Waals surface area contributed by atoms with Crippen LogP contribution in [0.4, 0.5) is 5.69 Å². The smallest absolute Gasteiger partial charge is 0.242 e. The summed E-state index contributed by atoms with van der Waals surface area (Å²) >= 11 is 0. The third-order valence-corrected chi connectivity index (χ3v) is 3.68. The number of phenolic OH excluding ortho intramolecular Hbond substituents is 1. The number of fused-ring (bicyclic) bond motifs is 1. The summed E-state index contributed by atoms with van der Waals surface area (Å²) in [6, 6.07) is 16.1. The fourth-order valence-electron chi connectivity index (χ4n) is 2.53. The fraction of sp³-hybridized carbons (Fsp3) is 0.111. The van der Waals surface area contributed by atoms with E-state index in [1.54, 1.807) is 12.1 Å². The molecular formula is C18H15N3O2. The van der Waals surface area contributed by atoms with Gasteiger partial charge in [0.05, 0.1) is 6.07 Å². The van der Waals surface area contributed by atoms with E-state index in [0.29, 0.717) is 12.1 Å². The van der Waals surface area contributed by atoms with Crippen LogP contribution in [0.25, 0.3) is 10.9 Å². The van der Waals surface area contributed by atoms with Gasteiger partial charge in [-0.1, -0.05) is 24.3 Å². The molecule has 0 fully saturated rings. The van der Waals surface area contributed by atoms with Crippen molar-refractivity contribution in [2.24, 2.45) is 5.92 Å². The predicted molar refractivity (Wildman–Crippen MR) is 87.8 cm³/mol. The molecule has 0 saturated heterocycles. The third kappa shape index (κ3) is 3.16. The number of benzene rings is 2. The van der Waals surface area contributed by atoms with E-state index in [-0.39, 0.29) is 11.7 Å². The number of nitrogens with one attached hydrogen (secondary N) is 2. The van der Waals surface area contributed by atoms with Gasteiger partial charge in [-0.2, -0.15) is 5.26 Å². The number of nitriles is 1. The van der Waals surface area contributed by atoms with Crippen molar-refractivity contribution in [3.63, 3.8) is 0 Å². The summed E-state index contributed by atoms with van der Waals surface area (Å²) in [6.07, 6.45) is 2.15. The maximum atomic E-state index is 12.3. The quantitative estimate of drug-likeness (QED) is 0.691. The van der Waals surface area contributed by atoms with E-state index in [1.807, 2.05) is 30.5 Å². The molecule has 0 spiro atoms. The highest BCUT2D eigenvalue weighted by Crippen LogP contribution is 2.22. The van der Waals surface area contributed by atoms with Gasteiger partial charge in [0.2, 0.25) is 5.91 Å². The number of anilines is 1. The van der Waals surface area contributed by atoms with E-state index >= 15 is 0 Å². The number of aromatic nitrogens is 1. The molecule has 1 heterocycles. The lowest BCUT2D eigenvalue weighted by atomic mass is 9.99. The van der Waals surface area contributed by atoms with E-state index < -0.39 is 5.92 Å². The molecule has 3 N–H and O–H groups in total. The van der Waals surface area contributed by atoms with Crippen LogP contribution in [0, 0.1) is 17.2 Å². The van der Waals surface area contributed by atoms with Crippen molar-refractivity contribution in [1.29, 1.82) is 5.26 Å². The van der Waals surface area contributed by atoms with Gasteiger partial charge >= 0.3 is 0 Å². The summed E-state index contributed by atoms with van der Waals surface area (Å²) in [6.45, 7) is 0. The molecule has 1 aromatic heterocycles. The Morgan fingerprint density at radius 2 is 2.09 bits per heavy atom. The summed E-state index contributed by atoms with van der Waals surface area (Å²) in [4.78, 5) is 15.4. The molecule has 0 aliphatic carbocycles. The highest BCUT2D eigenvalue weighted by molar-refractivity contribution is 5.95. The van der Waals surface area contributed by atoms with E-state index in [1.165, 1.54) is 12.1 Å². The first-order valence-corrected chi connectivity index (χ1v) is 7.22. The van der Waals surface area contributed by atoms with Crippen molar-refractivity contribution in [2.45, 2.75) is 6.42 Å². The second kappa shape index (κ2) is 6.24. The summed E-state index contributed by atoms with van der Waals surface area (Å²) in [5.41, 5.74) is 2.37. The van der Waals surface area contributed by atoms with Gasteiger partial charge in [-0.25, -0.2) is 0 Å². The average Bonchev–Trinajstić information content (AvgIpc) is 2.95. The van der Waals surface area contributed by atoms with Crippen LogP contribution < -0.4 is 5.32 Å². The minimum Gasteiger partial charge on any atom is -0.508 e. The summed E-state index contributed by atoms with van der Waals surface area (Å²) in [5.74, 6) is -1.13. The molecule has 0 radical (unpaired) electrons. The Kier molecular flexibility index (Phi) is 3.98. The van der Waals surface area contributed by atoms with E-state index in [2.05, 4.69) is 16.4 Å². The number of nitrogens with zero attached hydrogens (tertiary/aromatic N) is 1. The van der Waals surface area contributed by atoms with Crippen LogP contribution in [0.5, 0.6) is 5.75 Å². The number of aromatic hydroxyl groups is 1. The lowest BCUT2D eigenvalue weighted by Gasteiger charge is -2.10. The Morgan fingerprint density at radius 1 is 1.26 bits per heavy atom. The lowest BCUT2D eigenvalue weighted by molar-refractivity contribution is -0.118. The van der Waals surface area contributed by atoms with Crippen molar-refractivity contribution in [3.8, 4) is 11.8 Å². The molecule has 5 heteroatoms. The van der Waals surface area contributed by atoms with Crippen LogP contribution in [0.1, 0.15) is 5.56 Å². The zero-order valence-corrected chi connectivity index (χ0v) is 12.3. The zero-order valence-electron chi connectivity index (χ0n) is 12.3. The molecule has 3 rings (SSSR count). The van der Waals surface area contributed by atoms with Crippen LogP contribution in [0.3, 0.4) is 0 Å². The highest BCUT2D eigenvalue weighted by Gasteiger charge is 2.20. The first-order valence-electron chi connectivity index (χ1n) is 7.22. The Bertz CT molecular complexity index is 892. The number of aromatic amines is 1. The topological polar surface area (TPSA) is 88.9 Å². The van der Waals surface area contributed by atoms with Crippen LogP contribution in [0.15, 0.2) is 54.7 Å². The van der Waals surface area contributed by atoms with Gasteiger partial charge in [-0.3, -0.25) is 4.79 Å². The summed E-state index contributed by atoms with van der Waals surface area (Å²) in [7, 11) is 0. The van der Waals surface area contributed by atoms with Crippen LogP contribution >= 0.6 is 0 Å². The number of hydrogen-bond donors (Lipinski definition) is 3. The Hall–Kier alpha value is -3.26. The van der Waals surface area contributed by atoms with Gasteiger partial charge in [-0.15, -0.1) is 0 Å². The molecule has 23 heavy (non-hydrogen) atoms. The number of carbonyl (C=O) groups excluding carboxylic acids is 1. The summed E-state index contributed by atoms with van der Waals surface area (Å²) in [5, 5.41) is 22.4. The Balaban J connectivity index is 1.77. The van der Waals surface area contributed by atoms with Crippen LogP contribution in [0.2, 0.25) is 0 Å². The Morgan fingerprint density at radius 3 is 2.87 bits per heavy atom. The molecule has 1 amide bonds. The average molecular weight is 305 g/mol. The number of amides is 1. The number of rotatable bonds is 4. The summed E-state index contributed by atoms with van der Waals surface area (Å²) < 4.78 is 0. The Labute approximate surface area is 133 Å². The van der Waals surface area contributed by atoms with Gasteiger partial charge in [0.25, 0.3) is 0 Å². The second-order valence-corrected chi connectivity index (χ2v) is 5.28. The molecule has 0 bridgehead atoms. The van der Waals surface area contributed by atoms with Gasteiger partial charge < -0.3 is 15.4 Å². The van der Waals surface area contributed by atoms with Crippen molar-refractivity contribution in [1.82, 2.24) is 4.98 Å². The zero-order chi connectivity index (χ0) is 16.2. The number of H-pyrrole nitrogens is 1. The maximum Gasteiger partial charge on any atom is 0.242 e. The highest BCUT2D eigenvalue weighted by atomic mass is 16.3. The number of carbonyl (C=O) groups is 1. The molecular weight excluding hydrogens is 290 g/mol. The fourth-order valence-corrected chi connectivity index (χ4v) is 2.53. The van der Waals surface area contributed by atoms with Crippen molar-refractivity contribution in [3.05, 3.63) is 60.3 Å². The molecule has 0 aliphatic rings. The second-order valence-electron chi connectivity index (χ2n) is 5.28. The van der Waals surface area contributed by atoms with Gasteiger partial charge in [-0.05, 0) is 30.2 Å². The number of phenols is 1. The van der Waals surface area contributed by atoms with Crippen molar-refractivity contribution >= 4 is 22.5 Å². The lowest BCUT2D eigenvalue weighted by Crippen LogP contribution is -2.23. The minimum absolute atomic E-state index is 0.0629. The van der Waals surface area contributed by atoms with E-state index in [0.717, 1.165) is 16.5 Å². The van der Waals surface area contributed by atoms with Gasteiger partial charge in [0, 0.05) is 28.9 Å². The van der Waals surface area contributed by atoms with Crippen LogP contribution in [-0.4, -0.2) is 16.0 Å². The van der Waals surface area contributed by atoms with Gasteiger partial charge in [0.15, 0.2) is 0 Å². The monoisotopic (exact) mass is 305 g/mol. The molecule has 0 saturated carbocycles. The minimum atomic E-state index is -0.809. The molecule has 114 valence electrons. The number of para-hydroxylation sites is 1. The standard InChI is InChI=1S/C18H15N3O2/c19-10-12(18(23)21-14-4-3-5-15(22)9-14)8-13-11-20-17-7-2-1-6-16(13)17/h1-7,9,11-12,20,22H,8H2,(H,21,23). The largest absolute Gasteiger partial charge is 0.508 e. The first kappa shape index (κ1) is 14.7. The van der Waals surface area contributed by atoms with E-state index in [9.17, 15) is 15.2 Å². The van der Waals surface area contributed by atoms with Gasteiger partial charge in [0.1, 0.15) is 11.7 Å². The molecule has 5 nitrogen and oxygen atoms in total. The van der Waals surface area contributed by atoms with Crippen molar-refractivity contribution < 1.29 is 9.90 Å². The normalized spacial score (nSPS) is 11.8. The predicted octanol–water partition coefficient (Wildman–Crippen LogP) is 3.19. The third-order valence-electron chi connectivity index (χ3n) is 3.68. The number of hydrogen-bond acceptors (Lipinski definition) is 3. The SMILES string of the molecule is N#CC(Cc1c[nH]c2ccccc12)C(=O)Nc1cccc(O)c1. The molecule has 2 aromatic carbocycles. The van der Waals surface area contributed by atoms with Crippen molar-refractivity contribution in [2.75, 3.05) is 5.32 Å². The molecule has 1 atom stereocenters. The van der Waals surface area contributed by atoms with E-state index in [4.69, 9.17) is 0 Å². The molecule has 3 aromatic rings. The first-order chi connectivity index (χ1) is 11.2. The van der Waals surface area contributed by atoms with Crippen LogP contribution in [-0.2, 0) is 11.2 Å². The maximum absolute atomic E-state index is 12.3. The molecule has 1 unspecified atom stereocenters. The molecule has 0 aliphatic heterocycles.